The first-order valence-corrected chi connectivity index (χ1v) is 9.05. The van der Waals surface area contributed by atoms with Crippen molar-refractivity contribution in [3.8, 4) is 0 Å². The van der Waals surface area contributed by atoms with Crippen LogP contribution in [0.3, 0.4) is 0 Å². The number of hydrogen-bond donors (Lipinski definition) is 1. The lowest BCUT2D eigenvalue weighted by Gasteiger charge is -2.32. The number of carbonyl (C=O) groups is 1. The molecule has 6 heteroatoms. The van der Waals surface area contributed by atoms with Crippen LogP contribution in [0.1, 0.15) is 34.3 Å². The second-order valence-corrected chi connectivity index (χ2v) is 6.80. The van der Waals surface area contributed by atoms with Crippen molar-refractivity contribution >= 4 is 11.7 Å². The molecule has 2 aromatic rings. The lowest BCUT2D eigenvalue weighted by atomic mass is 9.98. The lowest BCUT2D eigenvalue weighted by molar-refractivity contribution is 0.0570. The van der Waals surface area contributed by atoms with E-state index in [0.29, 0.717) is 24.6 Å². The van der Waals surface area contributed by atoms with Crippen LogP contribution < -0.4 is 5.32 Å². The lowest BCUT2D eigenvalue weighted by Crippen LogP contribution is -2.41. The van der Waals surface area contributed by atoms with Gasteiger partial charge in [0, 0.05) is 45.3 Å². The molecular formula is C20H26N4O2. The number of methoxy groups -OCH3 is 1. The monoisotopic (exact) mass is 354 g/mol. The summed E-state index contributed by atoms with van der Waals surface area (Å²) in [5, 5.41) is 3.29. The van der Waals surface area contributed by atoms with Crippen LogP contribution in [-0.2, 0) is 11.3 Å². The van der Waals surface area contributed by atoms with Gasteiger partial charge in [-0.1, -0.05) is 0 Å². The number of ether oxygens (including phenoxy) is 1. The van der Waals surface area contributed by atoms with Crippen molar-refractivity contribution in [2.24, 2.45) is 5.92 Å². The van der Waals surface area contributed by atoms with E-state index in [1.54, 1.807) is 19.5 Å². The third-order valence-electron chi connectivity index (χ3n) is 4.82. The van der Waals surface area contributed by atoms with Crippen LogP contribution in [0.25, 0.3) is 0 Å². The number of nitrogens with zero attached hydrogens (tertiary/aromatic N) is 3. The van der Waals surface area contributed by atoms with Crippen LogP contribution in [0.5, 0.6) is 0 Å². The van der Waals surface area contributed by atoms with E-state index in [4.69, 9.17) is 4.74 Å². The molecule has 3 heterocycles. The van der Waals surface area contributed by atoms with Gasteiger partial charge in [0.25, 0.3) is 5.91 Å². The highest BCUT2D eigenvalue weighted by Gasteiger charge is 2.24. The normalized spacial score (nSPS) is 17.2. The number of aryl methyl sites for hydroxylation is 1. The molecule has 0 aromatic carbocycles. The molecule has 1 aliphatic rings. The van der Waals surface area contributed by atoms with E-state index in [-0.39, 0.29) is 5.91 Å². The Hall–Kier alpha value is -2.47. The molecule has 1 saturated heterocycles. The fraction of sp³-hybridized carbons (Fsp3) is 0.450. The molecule has 6 nitrogen and oxygen atoms in total. The third kappa shape index (κ3) is 4.58. The number of likely N-dealkylation sites (tertiary alicyclic amines) is 1. The molecule has 138 valence electrons. The van der Waals surface area contributed by atoms with Gasteiger partial charge in [-0.25, -0.2) is 4.98 Å². The molecule has 1 N–H and O–H groups in total. The zero-order valence-electron chi connectivity index (χ0n) is 15.4. The molecule has 26 heavy (non-hydrogen) atoms. The van der Waals surface area contributed by atoms with E-state index >= 15 is 0 Å². The van der Waals surface area contributed by atoms with Gasteiger partial charge in [0.05, 0.1) is 12.2 Å². The minimum atomic E-state index is 0.0508. The summed E-state index contributed by atoms with van der Waals surface area (Å²) in [5.41, 5.74) is 2.95. The van der Waals surface area contributed by atoms with E-state index < -0.39 is 0 Å². The molecular weight excluding hydrogens is 328 g/mol. The molecule has 0 bridgehead atoms. The Morgan fingerprint density at radius 3 is 2.96 bits per heavy atom. The number of hydrogen-bond acceptors (Lipinski definition) is 5. The van der Waals surface area contributed by atoms with E-state index in [2.05, 4.69) is 15.3 Å². The Bertz CT molecular complexity index is 731. The van der Waals surface area contributed by atoms with Gasteiger partial charge in [-0.15, -0.1) is 0 Å². The van der Waals surface area contributed by atoms with Crippen LogP contribution >= 0.6 is 0 Å². The maximum absolute atomic E-state index is 12.7. The average molecular weight is 354 g/mol. The number of pyridine rings is 2. The predicted molar refractivity (Wildman–Crippen MR) is 101 cm³/mol. The summed E-state index contributed by atoms with van der Waals surface area (Å²) >= 11 is 0. The first-order valence-electron chi connectivity index (χ1n) is 9.05. The van der Waals surface area contributed by atoms with E-state index in [1.807, 2.05) is 36.2 Å². The number of carbonyl (C=O) groups excluding carboxylic acids is 1. The quantitative estimate of drug-likeness (QED) is 0.864. The molecule has 1 aliphatic heterocycles. The van der Waals surface area contributed by atoms with E-state index in [9.17, 15) is 4.79 Å². The second-order valence-electron chi connectivity index (χ2n) is 6.80. The Morgan fingerprint density at radius 1 is 1.35 bits per heavy atom. The summed E-state index contributed by atoms with van der Waals surface area (Å²) in [6, 6.07) is 5.70. The van der Waals surface area contributed by atoms with Crippen molar-refractivity contribution in [1.29, 1.82) is 0 Å². The zero-order chi connectivity index (χ0) is 18.4. The number of aromatic nitrogens is 2. The number of nitrogens with one attached hydrogen (secondary N) is 1. The predicted octanol–water partition coefficient (Wildman–Crippen LogP) is 2.90. The Kier molecular flexibility index (Phi) is 6.17. The smallest absolute Gasteiger partial charge is 0.255 e. The van der Waals surface area contributed by atoms with E-state index in [1.165, 1.54) is 5.56 Å². The third-order valence-corrected chi connectivity index (χ3v) is 4.82. The van der Waals surface area contributed by atoms with Gasteiger partial charge in [-0.3, -0.25) is 9.78 Å². The van der Waals surface area contributed by atoms with Gasteiger partial charge in [0.1, 0.15) is 5.82 Å². The second kappa shape index (κ2) is 8.76. The number of rotatable bonds is 6. The highest BCUT2D eigenvalue weighted by atomic mass is 16.5. The van der Waals surface area contributed by atoms with E-state index in [0.717, 1.165) is 37.3 Å². The van der Waals surface area contributed by atoms with Crippen molar-refractivity contribution in [1.82, 2.24) is 14.9 Å². The van der Waals surface area contributed by atoms with Gasteiger partial charge in [0.15, 0.2) is 0 Å². The van der Waals surface area contributed by atoms with Gasteiger partial charge < -0.3 is 15.0 Å². The highest BCUT2D eigenvalue weighted by Crippen LogP contribution is 2.19. The summed E-state index contributed by atoms with van der Waals surface area (Å²) in [5.74, 6) is 1.23. The Morgan fingerprint density at radius 2 is 2.23 bits per heavy atom. The SMILES string of the molecule is COCC1CCCN(C(=O)c2ccc(NCc3ccncc3C)nc2)C1. The number of anilines is 1. The van der Waals surface area contributed by atoms with Gasteiger partial charge in [-0.05, 0) is 55.0 Å². The van der Waals surface area contributed by atoms with Crippen LogP contribution in [0.4, 0.5) is 5.82 Å². The standard InChI is InChI=1S/C20H26N4O2/c1-15-10-21-8-7-17(15)11-22-19-6-5-18(12-23-19)20(25)24-9-3-4-16(13-24)14-26-2/h5-8,10,12,16H,3-4,9,11,13-14H2,1-2H3,(H,22,23). The molecule has 1 unspecified atom stereocenters. The van der Waals surface area contributed by atoms with Gasteiger partial charge >= 0.3 is 0 Å². The zero-order valence-corrected chi connectivity index (χ0v) is 15.4. The molecule has 1 atom stereocenters. The van der Waals surface area contributed by atoms with Gasteiger partial charge in [0.2, 0.25) is 0 Å². The summed E-state index contributed by atoms with van der Waals surface area (Å²) < 4.78 is 5.24. The first-order chi connectivity index (χ1) is 12.7. The van der Waals surface area contributed by atoms with Crippen molar-refractivity contribution < 1.29 is 9.53 Å². The minimum Gasteiger partial charge on any atom is -0.384 e. The summed E-state index contributed by atoms with van der Waals surface area (Å²) in [4.78, 5) is 23.1. The Balaban J connectivity index is 1.58. The summed E-state index contributed by atoms with van der Waals surface area (Å²) in [6.07, 6.45) is 7.44. The number of piperidine rings is 1. The minimum absolute atomic E-state index is 0.0508. The largest absolute Gasteiger partial charge is 0.384 e. The molecule has 0 spiro atoms. The fourth-order valence-corrected chi connectivity index (χ4v) is 3.32. The topological polar surface area (TPSA) is 67.3 Å². The van der Waals surface area contributed by atoms with Crippen LogP contribution in [-0.4, -0.2) is 47.6 Å². The van der Waals surface area contributed by atoms with Crippen LogP contribution in [0.15, 0.2) is 36.8 Å². The van der Waals surface area contributed by atoms with Crippen LogP contribution in [0.2, 0.25) is 0 Å². The highest BCUT2D eigenvalue weighted by molar-refractivity contribution is 5.94. The van der Waals surface area contributed by atoms with Crippen molar-refractivity contribution in [3.05, 3.63) is 53.5 Å². The van der Waals surface area contributed by atoms with Crippen LogP contribution in [0, 0.1) is 12.8 Å². The maximum Gasteiger partial charge on any atom is 0.255 e. The Labute approximate surface area is 154 Å². The first kappa shape index (κ1) is 18.3. The summed E-state index contributed by atoms with van der Waals surface area (Å²) in [6.45, 7) is 4.99. The molecule has 3 rings (SSSR count). The molecule has 2 aromatic heterocycles. The summed E-state index contributed by atoms with van der Waals surface area (Å²) in [7, 11) is 1.71. The maximum atomic E-state index is 12.7. The molecule has 1 amide bonds. The number of amides is 1. The molecule has 0 radical (unpaired) electrons. The molecule has 0 aliphatic carbocycles. The van der Waals surface area contributed by atoms with Crippen molar-refractivity contribution in [2.45, 2.75) is 26.3 Å². The molecule has 0 saturated carbocycles. The fourth-order valence-electron chi connectivity index (χ4n) is 3.32. The van der Waals surface area contributed by atoms with Crippen molar-refractivity contribution in [3.63, 3.8) is 0 Å². The average Bonchev–Trinajstić information content (AvgIpc) is 2.68. The molecule has 1 fully saturated rings. The van der Waals surface area contributed by atoms with Crippen molar-refractivity contribution in [2.75, 3.05) is 32.1 Å². The van der Waals surface area contributed by atoms with Gasteiger partial charge in [-0.2, -0.15) is 0 Å².